The molecule has 1 heterocycles. The molecule has 20 heavy (non-hydrogen) atoms. The van der Waals surface area contributed by atoms with Gasteiger partial charge in [0.1, 0.15) is 11.6 Å². The highest BCUT2D eigenvalue weighted by molar-refractivity contribution is 9.10. The van der Waals surface area contributed by atoms with Crippen LogP contribution in [0.1, 0.15) is 5.56 Å². The fourth-order valence-corrected chi connectivity index (χ4v) is 1.96. The second-order valence-corrected chi connectivity index (χ2v) is 4.92. The minimum Gasteiger partial charge on any atom is -0.384 e. The number of nitrogen functional groups attached to an aromatic ring is 1. The first-order valence-electron chi connectivity index (χ1n) is 5.52. The van der Waals surface area contributed by atoms with Crippen molar-refractivity contribution in [2.45, 2.75) is 6.92 Å². The van der Waals surface area contributed by atoms with E-state index in [1.54, 1.807) is 6.92 Å². The van der Waals surface area contributed by atoms with Gasteiger partial charge in [0, 0.05) is 11.8 Å². The number of nitrogens with zero attached hydrogens (tertiary/aromatic N) is 2. The number of hydrogen-bond acceptors (Lipinski definition) is 5. The van der Waals surface area contributed by atoms with Gasteiger partial charge < -0.3 is 11.1 Å². The third kappa shape index (κ3) is 2.85. The predicted octanol–water partition coefficient (Wildman–Crippen LogP) is 3.53. The standard InChI is InChI=1S/C12H10BrFN4O2/c1-6-4-8(14)7(13)5-9(6)16-12-10(18(19)20)2-3-11(15)17-12/h2-5H,1H3,(H3,15,16,17). The monoisotopic (exact) mass is 340 g/mol. The summed E-state index contributed by atoms with van der Waals surface area (Å²) < 4.78 is 13.6. The first-order chi connectivity index (χ1) is 9.38. The van der Waals surface area contributed by atoms with Crippen molar-refractivity contribution in [3.05, 3.63) is 50.2 Å². The molecule has 0 saturated carbocycles. The van der Waals surface area contributed by atoms with E-state index in [-0.39, 0.29) is 21.8 Å². The van der Waals surface area contributed by atoms with Crippen LogP contribution in [0.4, 0.5) is 27.4 Å². The Balaban J connectivity index is 2.47. The van der Waals surface area contributed by atoms with Crippen LogP contribution < -0.4 is 11.1 Å². The number of halogens is 2. The van der Waals surface area contributed by atoms with Crippen LogP contribution >= 0.6 is 15.9 Å². The number of nitrogens with one attached hydrogen (secondary N) is 1. The SMILES string of the molecule is Cc1cc(F)c(Br)cc1Nc1nc(N)ccc1[N+](=O)[O-]. The van der Waals surface area contributed by atoms with Gasteiger partial charge in [-0.15, -0.1) is 0 Å². The zero-order chi connectivity index (χ0) is 14.9. The molecule has 104 valence electrons. The molecule has 0 atom stereocenters. The van der Waals surface area contributed by atoms with Gasteiger partial charge in [0.05, 0.1) is 9.40 Å². The third-order valence-electron chi connectivity index (χ3n) is 2.61. The van der Waals surface area contributed by atoms with Crippen LogP contribution in [0.5, 0.6) is 0 Å². The summed E-state index contributed by atoms with van der Waals surface area (Å²) in [5, 5.41) is 13.7. The van der Waals surface area contributed by atoms with Crippen LogP contribution in [-0.2, 0) is 0 Å². The summed E-state index contributed by atoms with van der Waals surface area (Å²) in [4.78, 5) is 14.3. The summed E-state index contributed by atoms with van der Waals surface area (Å²) >= 11 is 3.06. The molecular formula is C12H10BrFN4O2. The van der Waals surface area contributed by atoms with Gasteiger partial charge in [-0.1, -0.05) is 0 Å². The largest absolute Gasteiger partial charge is 0.384 e. The van der Waals surface area contributed by atoms with Gasteiger partial charge in [0.25, 0.3) is 0 Å². The summed E-state index contributed by atoms with van der Waals surface area (Å²) in [6, 6.07) is 5.40. The molecule has 2 aromatic rings. The maximum absolute atomic E-state index is 13.4. The van der Waals surface area contributed by atoms with Crippen molar-refractivity contribution in [2.75, 3.05) is 11.1 Å². The van der Waals surface area contributed by atoms with Gasteiger partial charge in [0.2, 0.25) is 5.82 Å². The quantitative estimate of drug-likeness (QED) is 0.658. The first-order valence-corrected chi connectivity index (χ1v) is 6.31. The molecule has 0 saturated heterocycles. The van der Waals surface area contributed by atoms with Crippen molar-refractivity contribution >= 4 is 38.9 Å². The molecule has 0 amide bonds. The molecule has 2 rings (SSSR count). The Morgan fingerprint density at radius 1 is 1.45 bits per heavy atom. The normalized spacial score (nSPS) is 10.3. The lowest BCUT2D eigenvalue weighted by Gasteiger charge is -2.10. The average molecular weight is 341 g/mol. The molecule has 8 heteroatoms. The molecule has 1 aromatic carbocycles. The van der Waals surface area contributed by atoms with E-state index in [4.69, 9.17) is 5.73 Å². The van der Waals surface area contributed by atoms with E-state index in [1.165, 1.54) is 24.3 Å². The fraction of sp³-hybridized carbons (Fsp3) is 0.0833. The number of rotatable bonds is 3. The van der Waals surface area contributed by atoms with Gasteiger partial charge in [-0.05, 0) is 46.6 Å². The Hall–Kier alpha value is -2.22. The Morgan fingerprint density at radius 2 is 2.15 bits per heavy atom. The molecular weight excluding hydrogens is 331 g/mol. The smallest absolute Gasteiger partial charge is 0.311 e. The van der Waals surface area contributed by atoms with Crippen LogP contribution in [0, 0.1) is 22.9 Å². The third-order valence-corrected chi connectivity index (χ3v) is 3.22. The Kier molecular flexibility index (Phi) is 3.84. The number of aromatic nitrogens is 1. The van der Waals surface area contributed by atoms with E-state index in [0.29, 0.717) is 11.3 Å². The minimum absolute atomic E-state index is 0.0107. The van der Waals surface area contributed by atoms with Gasteiger partial charge in [0.15, 0.2) is 0 Å². The van der Waals surface area contributed by atoms with Crippen molar-refractivity contribution < 1.29 is 9.31 Å². The summed E-state index contributed by atoms with van der Waals surface area (Å²) in [6.45, 7) is 1.68. The van der Waals surface area contributed by atoms with E-state index in [2.05, 4.69) is 26.2 Å². The van der Waals surface area contributed by atoms with E-state index in [9.17, 15) is 14.5 Å². The molecule has 0 bridgehead atoms. The second kappa shape index (κ2) is 5.41. The topological polar surface area (TPSA) is 94.1 Å². The lowest BCUT2D eigenvalue weighted by molar-refractivity contribution is -0.384. The lowest BCUT2D eigenvalue weighted by atomic mass is 10.2. The van der Waals surface area contributed by atoms with Gasteiger partial charge in [-0.25, -0.2) is 9.37 Å². The molecule has 0 radical (unpaired) electrons. The Labute approximate surface area is 122 Å². The lowest BCUT2D eigenvalue weighted by Crippen LogP contribution is -2.03. The van der Waals surface area contributed by atoms with Crippen LogP contribution in [0.25, 0.3) is 0 Å². The summed E-state index contributed by atoms with van der Waals surface area (Å²) in [5.41, 5.74) is 6.41. The highest BCUT2D eigenvalue weighted by atomic mass is 79.9. The van der Waals surface area contributed by atoms with Crippen LogP contribution in [-0.4, -0.2) is 9.91 Å². The Bertz CT molecular complexity index is 693. The summed E-state index contributed by atoms with van der Waals surface area (Å²) in [5.74, 6) is -0.253. The molecule has 1 aromatic heterocycles. The highest BCUT2D eigenvalue weighted by Crippen LogP contribution is 2.30. The van der Waals surface area contributed by atoms with Crippen LogP contribution in [0.2, 0.25) is 0 Å². The van der Waals surface area contributed by atoms with E-state index in [1.807, 2.05) is 0 Å². The second-order valence-electron chi connectivity index (χ2n) is 4.07. The number of benzene rings is 1. The van der Waals surface area contributed by atoms with Crippen LogP contribution in [0.3, 0.4) is 0 Å². The van der Waals surface area contributed by atoms with Gasteiger partial charge >= 0.3 is 5.69 Å². The summed E-state index contributed by atoms with van der Waals surface area (Å²) in [7, 11) is 0. The van der Waals surface area contributed by atoms with E-state index < -0.39 is 10.7 Å². The van der Waals surface area contributed by atoms with Crippen molar-refractivity contribution in [1.82, 2.24) is 4.98 Å². The van der Waals surface area contributed by atoms with Crippen LogP contribution in [0.15, 0.2) is 28.7 Å². The summed E-state index contributed by atoms with van der Waals surface area (Å²) in [6.07, 6.45) is 0. The van der Waals surface area contributed by atoms with Crippen molar-refractivity contribution in [2.24, 2.45) is 0 Å². The van der Waals surface area contributed by atoms with E-state index in [0.717, 1.165) is 0 Å². The molecule has 0 aliphatic heterocycles. The van der Waals surface area contributed by atoms with Gasteiger partial charge in [-0.2, -0.15) is 0 Å². The zero-order valence-corrected chi connectivity index (χ0v) is 11.9. The van der Waals surface area contributed by atoms with Crippen molar-refractivity contribution in [1.29, 1.82) is 0 Å². The molecule has 0 unspecified atom stereocenters. The number of nitrogens with two attached hydrogens (primary N) is 1. The molecule has 0 fully saturated rings. The molecule has 0 aliphatic carbocycles. The number of hydrogen-bond donors (Lipinski definition) is 2. The zero-order valence-electron chi connectivity index (χ0n) is 10.4. The van der Waals surface area contributed by atoms with Crippen molar-refractivity contribution in [3.63, 3.8) is 0 Å². The predicted molar refractivity (Wildman–Crippen MR) is 77.4 cm³/mol. The number of pyridine rings is 1. The molecule has 3 N–H and O–H groups in total. The average Bonchev–Trinajstić information content (AvgIpc) is 2.35. The molecule has 6 nitrogen and oxygen atoms in total. The minimum atomic E-state index is -0.567. The number of nitro groups is 1. The molecule has 0 spiro atoms. The number of anilines is 3. The highest BCUT2D eigenvalue weighted by Gasteiger charge is 2.17. The first kappa shape index (κ1) is 14.2. The molecule has 0 aliphatic rings. The van der Waals surface area contributed by atoms with Crippen molar-refractivity contribution in [3.8, 4) is 0 Å². The van der Waals surface area contributed by atoms with E-state index >= 15 is 0 Å². The van der Waals surface area contributed by atoms with Gasteiger partial charge in [-0.3, -0.25) is 10.1 Å². The fourth-order valence-electron chi connectivity index (χ4n) is 1.61. The Morgan fingerprint density at radius 3 is 2.80 bits per heavy atom. The maximum Gasteiger partial charge on any atom is 0.311 e. The maximum atomic E-state index is 13.4. The number of aryl methyl sites for hydroxylation is 1.